The molecule has 0 unspecified atom stereocenters. The van der Waals surface area contributed by atoms with Crippen molar-refractivity contribution in [3.05, 3.63) is 94.5 Å². The van der Waals surface area contributed by atoms with E-state index in [0.717, 1.165) is 22.3 Å². The molecule has 4 rings (SSSR count). The van der Waals surface area contributed by atoms with Crippen LogP contribution in [0, 0.1) is 25.2 Å². The van der Waals surface area contributed by atoms with E-state index in [1.54, 1.807) is 25.3 Å². The van der Waals surface area contributed by atoms with Crippen LogP contribution in [0.1, 0.15) is 16.7 Å². The average molecular weight is 514 g/mol. The number of hydrogen-bond acceptors (Lipinski definition) is 5. The van der Waals surface area contributed by atoms with Gasteiger partial charge in [0, 0.05) is 27.4 Å². The summed E-state index contributed by atoms with van der Waals surface area (Å²) in [5, 5.41) is 14.1. The van der Waals surface area contributed by atoms with Gasteiger partial charge in [-0.2, -0.15) is 5.26 Å². The Hall–Kier alpha value is -3.79. The highest BCUT2D eigenvalue weighted by Gasteiger charge is 2.19. The monoisotopic (exact) mass is 513 g/mol. The summed E-state index contributed by atoms with van der Waals surface area (Å²) in [4.78, 5) is 17.6. The maximum atomic E-state index is 12.8. The SMILES string of the molecule is COc1ccccc1-c1cc(-c2ccc(C)cc2)nc(SCC(=O)Nc2cccc(Cl)c2C)c1C#N. The van der Waals surface area contributed by atoms with Gasteiger partial charge in [-0.05, 0) is 43.7 Å². The van der Waals surface area contributed by atoms with Gasteiger partial charge in [-0.3, -0.25) is 4.79 Å². The fraction of sp³-hybridized carbons (Fsp3) is 0.138. The first kappa shape index (κ1) is 25.3. The van der Waals surface area contributed by atoms with E-state index in [2.05, 4.69) is 11.4 Å². The largest absolute Gasteiger partial charge is 0.496 e. The van der Waals surface area contributed by atoms with E-state index in [1.165, 1.54) is 11.8 Å². The number of carbonyl (C=O) groups is 1. The molecular weight excluding hydrogens is 490 g/mol. The topological polar surface area (TPSA) is 75.0 Å². The lowest BCUT2D eigenvalue weighted by molar-refractivity contribution is -0.113. The average Bonchev–Trinajstić information content (AvgIpc) is 2.90. The van der Waals surface area contributed by atoms with Crippen molar-refractivity contribution in [2.45, 2.75) is 18.9 Å². The molecule has 0 aliphatic heterocycles. The third-order valence-electron chi connectivity index (χ3n) is 5.72. The smallest absolute Gasteiger partial charge is 0.234 e. The third-order valence-corrected chi connectivity index (χ3v) is 7.11. The number of benzene rings is 3. The molecule has 1 N–H and O–H groups in total. The van der Waals surface area contributed by atoms with E-state index >= 15 is 0 Å². The Morgan fingerprint density at radius 3 is 2.53 bits per heavy atom. The number of hydrogen-bond donors (Lipinski definition) is 1. The Labute approximate surface area is 220 Å². The van der Waals surface area contributed by atoms with E-state index in [4.69, 9.17) is 21.3 Å². The zero-order chi connectivity index (χ0) is 25.7. The molecule has 180 valence electrons. The summed E-state index contributed by atoms with van der Waals surface area (Å²) >= 11 is 7.41. The quantitative estimate of drug-likeness (QED) is 0.262. The number of methoxy groups -OCH3 is 1. The number of nitrogens with zero attached hydrogens (tertiary/aromatic N) is 2. The molecular formula is C29H24ClN3O2S. The number of aromatic nitrogens is 1. The lowest BCUT2D eigenvalue weighted by Crippen LogP contribution is -2.15. The third kappa shape index (κ3) is 5.54. The number of ether oxygens (including phenoxy) is 1. The van der Waals surface area contributed by atoms with Crippen LogP contribution in [-0.2, 0) is 4.79 Å². The Bertz CT molecular complexity index is 1460. The summed E-state index contributed by atoms with van der Waals surface area (Å²) in [6.45, 7) is 3.88. The van der Waals surface area contributed by atoms with Gasteiger partial charge in [0.2, 0.25) is 5.91 Å². The molecule has 0 aliphatic rings. The Morgan fingerprint density at radius 2 is 1.81 bits per heavy atom. The molecule has 0 saturated carbocycles. The first-order chi connectivity index (χ1) is 17.4. The molecule has 1 amide bonds. The number of carbonyl (C=O) groups excluding carboxylic acids is 1. The van der Waals surface area contributed by atoms with Crippen LogP contribution in [0.15, 0.2) is 77.8 Å². The standard InChI is InChI=1S/C29H24ClN3O2S/c1-18-11-13-20(14-12-18)26-15-22(21-7-4-5-10-27(21)35-3)23(16-31)29(33-26)36-17-28(34)32-25-9-6-8-24(30)19(25)2/h4-15H,17H2,1-3H3,(H,32,34). The molecule has 0 spiro atoms. The minimum absolute atomic E-state index is 0.0797. The van der Waals surface area contributed by atoms with Crippen LogP contribution in [-0.4, -0.2) is 23.8 Å². The number of anilines is 1. The summed E-state index contributed by atoms with van der Waals surface area (Å²) in [6.07, 6.45) is 0. The van der Waals surface area contributed by atoms with Crippen LogP contribution in [0.4, 0.5) is 5.69 Å². The summed E-state index contributed by atoms with van der Waals surface area (Å²) in [5.74, 6) is 0.520. The van der Waals surface area contributed by atoms with Crippen molar-refractivity contribution in [2.24, 2.45) is 0 Å². The lowest BCUT2D eigenvalue weighted by Gasteiger charge is -2.15. The van der Waals surface area contributed by atoms with Gasteiger partial charge in [0.25, 0.3) is 0 Å². The molecule has 0 saturated heterocycles. The van der Waals surface area contributed by atoms with Crippen molar-refractivity contribution < 1.29 is 9.53 Å². The van der Waals surface area contributed by atoms with Crippen LogP contribution in [0.25, 0.3) is 22.4 Å². The number of para-hydroxylation sites is 1. The van der Waals surface area contributed by atoms with E-state index in [0.29, 0.717) is 38.3 Å². The Balaban J connectivity index is 1.73. The number of nitriles is 1. The molecule has 1 heterocycles. The van der Waals surface area contributed by atoms with Gasteiger partial charge in [-0.25, -0.2) is 4.98 Å². The molecule has 0 fully saturated rings. The van der Waals surface area contributed by atoms with Crippen molar-refractivity contribution in [3.8, 4) is 34.2 Å². The molecule has 0 bridgehead atoms. The number of amides is 1. The predicted octanol–water partition coefficient (Wildman–Crippen LogP) is 7.30. The van der Waals surface area contributed by atoms with Crippen LogP contribution in [0.3, 0.4) is 0 Å². The van der Waals surface area contributed by atoms with E-state index < -0.39 is 0 Å². The second-order valence-electron chi connectivity index (χ2n) is 8.16. The van der Waals surface area contributed by atoms with Crippen molar-refractivity contribution in [1.82, 2.24) is 4.98 Å². The number of nitrogens with one attached hydrogen (secondary N) is 1. The first-order valence-corrected chi connectivity index (χ1v) is 12.6. The highest BCUT2D eigenvalue weighted by Crippen LogP contribution is 2.38. The van der Waals surface area contributed by atoms with Crippen molar-refractivity contribution in [1.29, 1.82) is 5.26 Å². The second kappa shape index (κ2) is 11.3. The molecule has 7 heteroatoms. The van der Waals surface area contributed by atoms with Crippen molar-refractivity contribution in [2.75, 3.05) is 18.2 Å². The maximum absolute atomic E-state index is 12.8. The minimum Gasteiger partial charge on any atom is -0.496 e. The number of halogens is 1. The second-order valence-corrected chi connectivity index (χ2v) is 9.53. The summed E-state index contributed by atoms with van der Waals surface area (Å²) in [5.41, 5.74) is 6.11. The number of pyridine rings is 1. The fourth-order valence-corrected chi connectivity index (χ4v) is 4.73. The first-order valence-electron chi connectivity index (χ1n) is 11.2. The van der Waals surface area contributed by atoms with Crippen LogP contribution in [0.5, 0.6) is 5.75 Å². The zero-order valence-corrected chi connectivity index (χ0v) is 21.7. The molecule has 0 radical (unpaired) electrons. The van der Waals surface area contributed by atoms with Gasteiger partial charge in [0.15, 0.2) is 0 Å². The minimum atomic E-state index is -0.212. The fourth-order valence-electron chi connectivity index (χ4n) is 3.75. The predicted molar refractivity (Wildman–Crippen MR) is 147 cm³/mol. The molecule has 0 atom stereocenters. The molecule has 1 aromatic heterocycles. The Morgan fingerprint density at radius 1 is 1.06 bits per heavy atom. The number of aryl methyl sites for hydroxylation is 1. The molecule has 3 aromatic carbocycles. The van der Waals surface area contributed by atoms with Crippen LogP contribution >= 0.6 is 23.4 Å². The van der Waals surface area contributed by atoms with E-state index in [1.807, 2.05) is 68.4 Å². The number of rotatable bonds is 7. The zero-order valence-electron chi connectivity index (χ0n) is 20.1. The van der Waals surface area contributed by atoms with E-state index in [-0.39, 0.29) is 11.7 Å². The summed E-state index contributed by atoms with van der Waals surface area (Å²) in [7, 11) is 1.60. The molecule has 0 aliphatic carbocycles. The summed E-state index contributed by atoms with van der Waals surface area (Å²) < 4.78 is 5.57. The van der Waals surface area contributed by atoms with Gasteiger partial charge < -0.3 is 10.1 Å². The Kier molecular flexibility index (Phi) is 7.94. The van der Waals surface area contributed by atoms with Crippen LogP contribution in [0.2, 0.25) is 5.02 Å². The van der Waals surface area contributed by atoms with Gasteiger partial charge >= 0.3 is 0 Å². The normalized spacial score (nSPS) is 10.5. The summed E-state index contributed by atoms with van der Waals surface area (Å²) in [6, 6.07) is 25.2. The van der Waals surface area contributed by atoms with Gasteiger partial charge in [-0.15, -0.1) is 0 Å². The van der Waals surface area contributed by atoms with Gasteiger partial charge in [-0.1, -0.05) is 77.5 Å². The highest BCUT2D eigenvalue weighted by molar-refractivity contribution is 8.00. The lowest BCUT2D eigenvalue weighted by atomic mass is 9.98. The highest BCUT2D eigenvalue weighted by atomic mass is 35.5. The maximum Gasteiger partial charge on any atom is 0.234 e. The number of thioether (sulfide) groups is 1. The van der Waals surface area contributed by atoms with Gasteiger partial charge in [0.1, 0.15) is 16.8 Å². The van der Waals surface area contributed by atoms with E-state index in [9.17, 15) is 10.1 Å². The van der Waals surface area contributed by atoms with Crippen molar-refractivity contribution >= 4 is 35.0 Å². The van der Waals surface area contributed by atoms with Gasteiger partial charge in [0.05, 0.1) is 24.1 Å². The van der Waals surface area contributed by atoms with Crippen molar-refractivity contribution in [3.63, 3.8) is 0 Å². The van der Waals surface area contributed by atoms with Crippen LogP contribution < -0.4 is 10.1 Å². The molecule has 36 heavy (non-hydrogen) atoms. The molecule has 5 nitrogen and oxygen atoms in total. The molecule has 4 aromatic rings.